The molecule has 1 fully saturated rings. The Hall–Kier alpha value is -2.30. The molecule has 1 saturated heterocycles. The summed E-state index contributed by atoms with van der Waals surface area (Å²) in [6.45, 7) is 2.49. The van der Waals surface area contributed by atoms with Crippen LogP contribution in [0, 0.1) is 6.92 Å². The number of amides is 1. The zero-order valence-electron chi connectivity index (χ0n) is 13.2. The van der Waals surface area contributed by atoms with E-state index in [4.69, 9.17) is 4.74 Å². The van der Waals surface area contributed by atoms with Crippen LogP contribution in [-0.4, -0.2) is 49.6 Å². The third-order valence-corrected chi connectivity index (χ3v) is 4.52. The Balaban J connectivity index is 1.68. The first-order valence-corrected chi connectivity index (χ1v) is 8.27. The van der Waals surface area contributed by atoms with Crippen LogP contribution < -0.4 is 4.74 Å². The number of carbonyl (C=O) groups excluding carboxylic acids is 1. The van der Waals surface area contributed by atoms with Gasteiger partial charge in [-0.05, 0) is 37.4 Å². The van der Waals surface area contributed by atoms with E-state index < -0.39 is 18.0 Å². The van der Waals surface area contributed by atoms with Crippen LogP contribution in [0.4, 0.5) is 13.2 Å². The molecule has 0 radical (unpaired) electrons. The third kappa shape index (κ3) is 4.03. The Kier molecular flexibility index (Phi) is 4.84. The third-order valence-electron chi connectivity index (χ3n) is 3.71. The van der Waals surface area contributed by atoms with E-state index in [0.717, 1.165) is 23.8 Å². The van der Waals surface area contributed by atoms with Crippen LogP contribution >= 0.6 is 11.5 Å². The maximum atomic E-state index is 12.7. The molecular weight excluding hydrogens is 359 g/mol. The second kappa shape index (κ2) is 6.90. The van der Waals surface area contributed by atoms with Gasteiger partial charge in [-0.15, -0.1) is 5.10 Å². The van der Waals surface area contributed by atoms with Crippen molar-refractivity contribution in [2.45, 2.75) is 32.0 Å². The van der Waals surface area contributed by atoms with Gasteiger partial charge in [-0.1, -0.05) is 4.49 Å². The van der Waals surface area contributed by atoms with Crippen molar-refractivity contribution in [3.05, 3.63) is 28.5 Å². The maximum Gasteiger partial charge on any atom is 0.433 e. The zero-order chi connectivity index (χ0) is 18.0. The van der Waals surface area contributed by atoms with Gasteiger partial charge in [0.15, 0.2) is 5.69 Å². The largest absolute Gasteiger partial charge is 0.458 e. The molecule has 7 nitrogen and oxygen atoms in total. The molecule has 1 unspecified atom stereocenters. The van der Waals surface area contributed by atoms with Crippen molar-refractivity contribution >= 4 is 17.4 Å². The molecule has 11 heteroatoms. The molecule has 2 aromatic rings. The smallest absolute Gasteiger partial charge is 0.433 e. The number of ether oxygens (including phenoxy) is 1. The second-order valence-corrected chi connectivity index (χ2v) is 6.30. The monoisotopic (exact) mass is 373 g/mol. The molecule has 0 N–H and O–H groups in total. The minimum Gasteiger partial charge on any atom is -0.458 e. The quantitative estimate of drug-likeness (QED) is 0.822. The van der Waals surface area contributed by atoms with Crippen LogP contribution in [0.3, 0.4) is 0 Å². The minimum absolute atomic E-state index is 0.203. The van der Waals surface area contributed by atoms with Gasteiger partial charge in [-0.2, -0.15) is 18.2 Å². The van der Waals surface area contributed by atoms with Crippen molar-refractivity contribution < 1.29 is 22.7 Å². The first kappa shape index (κ1) is 17.5. The van der Waals surface area contributed by atoms with Gasteiger partial charge in [0, 0.05) is 12.7 Å². The molecule has 3 heterocycles. The van der Waals surface area contributed by atoms with Crippen molar-refractivity contribution in [1.82, 2.24) is 24.5 Å². The van der Waals surface area contributed by atoms with E-state index in [1.165, 1.54) is 0 Å². The van der Waals surface area contributed by atoms with Crippen LogP contribution in [0.1, 0.15) is 33.9 Å². The highest BCUT2D eigenvalue weighted by Crippen LogP contribution is 2.28. The average Bonchev–Trinajstić information content (AvgIpc) is 3.00. The number of carbonyl (C=O) groups is 1. The van der Waals surface area contributed by atoms with Crippen LogP contribution in [0.15, 0.2) is 12.3 Å². The molecule has 134 valence electrons. The molecule has 1 amide bonds. The van der Waals surface area contributed by atoms with Crippen molar-refractivity contribution in [3.63, 3.8) is 0 Å². The predicted octanol–water partition coefficient (Wildman–Crippen LogP) is 2.34. The number of piperidine rings is 1. The van der Waals surface area contributed by atoms with Gasteiger partial charge in [0.05, 0.1) is 12.2 Å². The fourth-order valence-corrected chi connectivity index (χ4v) is 3.12. The van der Waals surface area contributed by atoms with Gasteiger partial charge in [-0.25, -0.2) is 4.98 Å². The molecule has 0 aliphatic carbocycles. The van der Waals surface area contributed by atoms with Crippen molar-refractivity contribution in [1.29, 1.82) is 0 Å². The van der Waals surface area contributed by atoms with Gasteiger partial charge in [-0.3, -0.25) is 4.79 Å². The Morgan fingerprint density at radius 1 is 1.44 bits per heavy atom. The summed E-state index contributed by atoms with van der Waals surface area (Å²) in [4.78, 5) is 21.6. The van der Waals surface area contributed by atoms with Gasteiger partial charge in [0.1, 0.15) is 11.0 Å². The molecule has 1 aliphatic rings. The lowest BCUT2D eigenvalue weighted by atomic mass is 10.1. The van der Waals surface area contributed by atoms with E-state index in [2.05, 4.69) is 19.6 Å². The number of aryl methyl sites for hydroxylation is 1. The molecule has 0 aromatic carbocycles. The number of rotatable bonds is 3. The fraction of sp³-hybridized carbons (Fsp3) is 0.500. The summed E-state index contributed by atoms with van der Waals surface area (Å²) in [7, 11) is 0. The van der Waals surface area contributed by atoms with Crippen molar-refractivity contribution in [2.75, 3.05) is 13.1 Å². The molecule has 1 aliphatic heterocycles. The first-order chi connectivity index (χ1) is 11.8. The van der Waals surface area contributed by atoms with E-state index in [1.54, 1.807) is 11.8 Å². The summed E-state index contributed by atoms with van der Waals surface area (Å²) < 4.78 is 47.3. The topological polar surface area (TPSA) is 81.1 Å². The molecule has 0 saturated carbocycles. The van der Waals surface area contributed by atoms with E-state index in [-0.39, 0.29) is 18.5 Å². The van der Waals surface area contributed by atoms with Crippen LogP contribution in [-0.2, 0) is 6.18 Å². The summed E-state index contributed by atoms with van der Waals surface area (Å²) in [5.74, 6) is -0.203. The molecule has 0 bridgehead atoms. The lowest BCUT2D eigenvalue weighted by Crippen LogP contribution is -2.44. The normalized spacial score (nSPS) is 18.2. The molecular formula is C14H14F3N5O2S. The van der Waals surface area contributed by atoms with Gasteiger partial charge in [0.25, 0.3) is 5.91 Å². The highest BCUT2D eigenvalue weighted by Gasteiger charge is 2.34. The number of alkyl halides is 3. The Labute approximate surface area is 145 Å². The first-order valence-electron chi connectivity index (χ1n) is 7.49. The minimum atomic E-state index is -4.56. The number of aromatic nitrogens is 4. The Morgan fingerprint density at radius 2 is 2.24 bits per heavy atom. The Morgan fingerprint density at radius 3 is 2.92 bits per heavy atom. The SMILES string of the molecule is Cc1nnsc1C(=O)N1CCCC(Oc2nccc(C(F)(F)F)n2)C1. The summed E-state index contributed by atoms with van der Waals surface area (Å²) >= 11 is 1.02. The highest BCUT2D eigenvalue weighted by atomic mass is 32.1. The van der Waals surface area contributed by atoms with Gasteiger partial charge < -0.3 is 9.64 Å². The van der Waals surface area contributed by atoms with E-state index in [0.29, 0.717) is 30.0 Å². The number of likely N-dealkylation sites (tertiary alicyclic amines) is 1. The number of hydrogen-bond acceptors (Lipinski definition) is 7. The van der Waals surface area contributed by atoms with E-state index >= 15 is 0 Å². The fourth-order valence-electron chi connectivity index (χ4n) is 2.49. The van der Waals surface area contributed by atoms with Crippen molar-refractivity contribution in [2.24, 2.45) is 0 Å². The van der Waals surface area contributed by atoms with Crippen LogP contribution in [0.2, 0.25) is 0 Å². The lowest BCUT2D eigenvalue weighted by molar-refractivity contribution is -0.141. The average molecular weight is 373 g/mol. The molecule has 0 spiro atoms. The summed E-state index contributed by atoms with van der Waals surface area (Å²) in [6.07, 6.45) is -2.76. The van der Waals surface area contributed by atoms with Gasteiger partial charge in [0.2, 0.25) is 0 Å². The van der Waals surface area contributed by atoms with Crippen LogP contribution in [0.25, 0.3) is 0 Å². The summed E-state index contributed by atoms with van der Waals surface area (Å²) in [5, 5.41) is 3.82. The molecule has 3 rings (SSSR count). The van der Waals surface area contributed by atoms with E-state index in [1.807, 2.05) is 0 Å². The van der Waals surface area contributed by atoms with E-state index in [9.17, 15) is 18.0 Å². The number of halogens is 3. The second-order valence-electron chi connectivity index (χ2n) is 5.54. The number of hydrogen-bond donors (Lipinski definition) is 0. The molecule has 2 aromatic heterocycles. The predicted molar refractivity (Wildman–Crippen MR) is 81.2 cm³/mol. The number of nitrogens with zero attached hydrogens (tertiary/aromatic N) is 5. The molecule has 25 heavy (non-hydrogen) atoms. The standard InChI is InChI=1S/C14H14F3N5O2S/c1-8-11(25-21-20-8)12(23)22-6-2-3-9(7-22)24-13-18-5-4-10(19-13)14(15,16)17/h4-5,9H,2-3,6-7H2,1H3. The van der Waals surface area contributed by atoms with Gasteiger partial charge >= 0.3 is 12.2 Å². The lowest BCUT2D eigenvalue weighted by Gasteiger charge is -2.32. The summed E-state index contributed by atoms with van der Waals surface area (Å²) in [6, 6.07) is 0.438. The maximum absolute atomic E-state index is 12.7. The Bertz CT molecular complexity index is 767. The summed E-state index contributed by atoms with van der Waals surface area (Å²) in [5.41, 5.74) is -0.508. The zero-order valence-corrected chi connectivity index (χ0v) is 14.0. The molecule has 1 atom stereocenters. The van der Waals surface area contributed by atoms with Crippen molar-refractivity contribution in [3.8, 4) is 6.01 Å². The highest BCUT2D eigenvalue weighted by molar-refractivity contribution is 7.07. The van der Waals surface area contributed by atoms with Crippen LogP contribution in [0.5, 0.6) is 6.01 Å².